The first kappa shape index (κ1) is 20.2. The number of ether oxygens (including phenoxy) is 1. The lowest BCUT2D eigenvalue weighted by molar-refractivity contribution is -0.115. The summed E-state index contributed by atoms with van der Waals surface area (Å²) in [7, 11) is -2.21. The van der Waals surface area contributed by atoms with Crippen LogP contribution in [-0.2, 0) is 14.8 Å². The van der Waals surface area contributed by atoms with E-state index in [0.717, 1.165) is 21.4 Å². The molecule has 2 heterocycles. The van der Waals surface area contributed by atoms with E-state index in [1.807, 2.05) is 18.2 Å². The molecule has 0 saturated heterocycles. The van der Waals surface area contributed by atoms with Crippen LogP contribution in [0.3, 0.4) is 0 Å². The number of hydrogen-bond donors (Lipinski definition) is 1. The predicted molar refractivity (Wildman–Crippen MR) is 108 cm³/mol. The van der Waals surface area contributed by atoms with E-state index in [9.17, 15) is 13.2 Å². The van der Waals surface area contributed by atoms with Crippen LogP contribution in [0, 0.1) is 6.92 Å². The van der Waals surface area contributed by atoms with Gasteiger partial charge in [0.2, 0.25) is 5.91 Å². The SMILES string of the molecule is CCC(=O)Nc1nc(C)c(S(=O)(=O)N(C)C2CCOc3ccc(Br)cc32)s1. The number of aryl methyl sites for hydroxylation is 1. The predicted octanol–water partition coefficient (Wildman–Crippen LogP) is 3.71. The molecular weight excluding hydrogens is 454 g/mol. The van der Waals surface area contributed by atoms with Crippen molar-refractivity contribution in [2.45, 2.75) is 36.9 Å². The van der Waals surface area contributed by atoms with Gasteiger partial charge in [0, 0.05) is 29.9 Å². The van der Waals surface area contributed by atoms with Gasteiger partial charge in [-0.3, -0.25) is 4.79 Å². The van der Waals surface area contributed by atoms with Crippen molar-refractivity contribution in [3.05, 3.63) is 33.9 Å². The molecule has 1 aliphatic rings. The summed E-state index contributed by atoms with van der Waals surface area (Å²) in [5.41, 5.74) is 1.20. The zero-order valence-corrected chi connectivity index (χ0v) is 18.4. The third-order valence-electron chi connectivity index (χ3n) is 4.35. The molecule has 10 heteroatoms. The number of nitrogens with zero attached hydrogens (tertiary/aromatic N) is 2. The normalized spacial score (nSPS) is 16.7. The fourth-order valence-electron chi connectivity index (χ4n) is 2.91. The number of hydrogen-bond acceptors (Lipinski definition) is 6. The summed E-state index contributed by atoms with van der Waals surface area (Å²) >= 11 is 4.41. The van der Waals surface area contributed by atoms with Crippen molar-refractivity contribution in [1.82, 2.24) is 9.29 Å². The number of fused-ring (bicyclic) bond motifs is 1. The summed E-state index contributed by atoms with van der Waals surface area (Å²) < 4.78 is 34.5. The highest BCUT2D eigenvalue weighted by Crippen LogP contribution is 2.40. The Morgan fingerprint density at radius 1 is 1.48 bits per heavy atom. The van der Waals surface area contributed by atoms with Gasteiger partial charge in [-0.25, -0.2) is 13.4 Å². The molecule has 3 rings (SSSR count). The molecule has 2 aromatic rings. The molecule has 7 nitrogen and oxygen atoms in total. The van der Waals surface area contributed by atoms with Gasteiger partial charge >= 0.3 is 0 Å². The Morgan fingerprint density at radius 3 is 2.93 bits per heavy atom. The molecule has 1 aromatic carbocycles. The topological polar surface area (TPSA) is 88.6 Å². The summed E-state index contributed by atoms with van der Waals surface area (Å²) in [5.74, 6) is 0.484. The average Bonchev–Trinajstić information content (AvgIpc) is 3.01. The van der Waals surface area contributed by atoms with Crippen LogP contribution in [0.1, 0.15) is 37.1 Å². The maximum Gasteiger partial charge on any atom is 0.254 e. The summed E-state index contributed by atoms with van der Waals surface area (Å²) in [6.45, 7) is 3.80. The number of carbonyl (C=O) groups excluding carboxylic acids is 1. The highest BCUT2D eigenvalue weighted by molar-refractivity contribution is 9.10. The van der Waals surface area contributed by atoms with Gasteiger partial charge in [-0.15, -0.1) is 0 Å². The number of carbonyl (C=O) groups is 1. The Hall–Kier alpha value is -1.49. The Kier molecular flexibility index (Phi) is 5.90. The van der Waals surface area contributed by atoms with E-state index in [1.165, 1.54) is 4.31 Å². The monoisotopic (exact) mass is 473 g/mol. The standard InChI is InChI=1S/C17H20BrN3O4S2/c1-4-15(22)20-17-19-10(2)16(26-17)27(23,24)21(3)13-7-8-25-14-6-5-11(18)9-12(13)14/h5-6,9,13H,4,7-8H2,1-3H3,(H,19,20,22). The number of amides is 1. The van der Waals surface area contributed by atoms with E-state index in [1.54, 1.807) is 20.9 Å². The van der Waals surface area contributed by atoms with Gasteiger partial charge in [0.1, 0.15) is 5.75 Å². The molecule has 0 saturated carbocycles. The molecule has 1 aliphatic heterocycles. The summed E-state index contributed by atoms with van der Waals surface area (Å²) in [5, 5.41) is 2.92. The molecule has 0 aliphatic carbocycles. The molecule has 1 unspecified atom stereocenters. The van der Waals surface area contributed by atoms with Crippen molar-refractivity contribution in [3.8, 4) is 5.75 Å². The lowest BCUT2D eigenvalue weighted by Gasteiger charge is -2.32. The van der Waals surface area contributed by atoms with E-state index < -0.39 is 10.0 Å². The van der Waals surface area contributed by atoms with Crippen molar-refractivity contribution in [2.75, 3.05) is 19.0 Å². The third kappa shape index (κ3) is 4.03. The smallest absolute Gasteiger partial charge is 0.254 e. The van der Waals surface area contributed by atoms with Gasteiger partial charge in [0.05, 0.1) is 18.3 Å². The molecule has 1 N–H and O–H groups in total. The van der Waals surface area contributed by atoms with Crippen molar-refractivity contribution in [3.63, 3.8) is 0 Å². The van der Waals surface area contributed by atoms with Gasteiger partial charge in [-0.1, -0.05) is 34.2 Å². The Balaban J connectivity index is 1.95. The van der Waals surface area contributed by atoms with Crippen molar-refractivity contribution < 1.29 is 17.9 Å². The lowest BCUT2D eigenvalue weighted by Crippen LogP contribution is -2.34. The number of aromatic nitrogens is 1. The van der Waals surface area contributed by atoms with Crippen LogP contribution in [0.2, 0.25) is 0 Å². The number of benzene rings is 1. The minimum atomic E-state index is -3.78. The first-order chi connectivity index (χ1) is 12.7. The molecule has 1 aromatic heterocycles. The molecule has 1 amide bonds. The molecule has 1 atom stereocenters. The van der Waals surface area contributed by atoms with Crippen molar-refractivity contribution in [2.24, 2.45) is 0 Å². The largest absolute Gasteiger partial charge is 0.493 e. The third-order valence-corrected chi connectivity index (χ3v) is 8.37. The second-order valence-corrected chi connectivity index (χ2v) is 10.3. The quantitative estimate of drug-likeness (QED) is 0.714. The van der Waals surface area contributed by atoms with E-state index in [2.05, 4.69) is 26.2 Å². The molecular formula is C17H20BrN3O4S2. The maximum absolute atomic E-state index is 13.2. The van der Waals surface area contributed by atoms with Crippen molar-refractivity contribution >= 4 is 48.3 Å². The average molecular weight is 474 g/mol. The Labute approximate surface area is 170 Å². The Bertz CT molecular complexity index is 975. The highest BCUT2D eigenvalue weighted by Gasteiger charge is 2.35. The second kappa shape index (κ2) is 7.86. The van der Waals surface area contributed by atoms with Gasteiger partial charge in [0.25, 0.3) is 10.0 Å². The summed E-state index contributed by atoms with van der Waals surface area (Å²) in [4.78, 5) is 15.8. The fourth-order valence-corrected chi connectivity index (χ4v) is 6.25. The zero-order valence-electron chi connectivity index (χ0n) is 15.2. The van der Waals surface area contributed by atoms with Crippen LogP contribution in [0.25, 0.3) is 0 Å². The molecule has 146 valence electrons. The minimum Gasteiger partial charge on any atom is -0.493 e. The maximum atomic E-state index is 13.2. The van der Waals surface area contributed by atoms with E-state index in [-0.39, 0.29) is 16.2 Å². The summed E-state index contributed by atoms with van der Waals surface area (Å²) in [6.07, 6.45) is 0.852. The van der Waals surface area contributed by atoms with Crippen LogP contribution in [0.15, 0.2) is 26.9 Å². The van der Waals surface area contributed by atoms with Gasteiger partial charge in [0.15, 0.2) is 9.34 Å². The van der Waals surface area contributed by atoms with Crippen LogP contribution in [0.5, 0.6) is 5.75 Å². The first-order valence-electron chi connectivity index (χ1n) is 8.41. The van der Waals surface area contributed by atoms with Crippen LogP contribution >= 0.6 is 27.3 Å². The second-order valence-electron chi connectivity index (χ2n) is 6.15. The number of rotatable bonds is 5. The highest BCUT2D eigenvalue weighted by atomic mass is 79.9. The van der Waals surface area contributed by atoms with E-state index >= 15 is 0 Å². The number of nitrogens with one attached hydrogen (secondary N) is 1. The number of thiazole rings is 1. The first-order valence-corrected chi connectivity index (χ1v) is 11.5. The number of anilines is 1. The van der Waals surface area contributed by atoms with E-state index in [0.29, 0.717) is 36.0 Å². The van der Waals surface area contributed by atoms with Crippen LogP contribution in [0.4, 0.5) is 5.13 Å². The van der Waals surface area contributed by atoms with Crippen molar-refractivity contribution in [1.29, 1.82) is 0 Å². The minimum absolute atomic E-state index is 0.138. The molecule has 27 heavy (non-hydrogen) atoms. The molecule has 0 radical (unpaired) electrons. The van der Waals surface area contributed by atoms with Crippen LogP contribution in [-0.4, -0.2) is 37.3 Å². The zero-order chi connectivity index (χ0) is 19.8. The number of halogens is 1. The Morgan fingerprint density at radius 2 is 2.22 bits per heavy atom. The summed E-state index contributed by atoms with van der Waals surface area (Å²) in [6, 6.07) is 5.25. The van der Waals surface area contributed by atoms with E-state index in [4.69, 9.17) is 4.74 Å². The fraction of sp³-hybridized carbons (Fsp3) is 0.412. The molecule has 0 spiro atoms. The van der Waals surface area contributed by atoms with Gasteiger partial charge in [-0.05, 0) is 25.1 Å². The molecule has 0 fully saturated rings. The van der Waals surface area contributed by atoms with Gasteiger partial charge in [-0.2, -0.15) is 4.31 Å². The molecule has 0 bridgehead atoms. The lowest BCUT2D eigenvalue weighted by atomic mass is 10.0. The van der Waals surface area contributed by atoms with Gasteiger partial charge < -0.3 is 10.1 Å². The van der Waals surface area contributed by atoms with Crippen LogP contribution < -0.4 is 10.1 Å². The number of sulfonamides is 1.